The van der Waals surface area contributed by atoms with E-state index in [9.17, 15) is 14.4 Å². The van der Waals surface area contributed by atoms with Gasteiger partial charge in [0.2, 0.25) is 0 Å². The van der Waals surface area contributed by atoms with Crippen LogP contribution in [-0.2, 0) is 19.0 Å². The number of rotatable bonds is 3. The minimum absolute atomic E-state index is 0.0743. The first-order chi connectivity index (χ1) is 10.7. The van der Waals surface area contributed by atoms with Gasteiger partial charge in [-0.15, -0.1) is 0 Å². The smallest absolute Gasteiger partial charge is 0.427 e. The molecule has 0 aromatic heterocycles. The fourth-order valence-electron chi connectivity index (χ4n) is 1.92. The van der Waals surface area contributed by atoms with Gasteiger partial charge in [0.1, 0.15) is 11.4 Å². The fourth-order valence-corrected chi connectivity index (χ4v) is 1.92. The summed E-state index contributed by atoms with van der Waals surface area (Å²) in [5.41, 5.74) is 1.48. The van der Waals surface area contributed by atoms with Gasteiger partial charge in [0.05, 0.1) is 19.6 Å². The largest absolute Gasteiger partial charge is 0.469 e. The molecule has 1 unspecified atom stereocenters. The number of ether oxygens (including phenoxy) is 3. The highest BCUT2D eigenvalue weighted by molar-refractivity contribution is 6.00. The molecule has 130 valence electrons. The molecule has 1 fully saturated rings. The van der Waals surface area contributed by atoms with Gasteiger partial charge in [0.15, 0.2) is 0 Å². The molecule has 1 aliphatic heterocycles. The van der Waals surface area contributed by atoms with E-state index in [2.05, 4.69) is 10.5 Å². The third-order valence-electron chi connectivity index (χ3n) is 2.84. The SMILES string of the molecule is CCOC(=O)N/N=C1/CC(C(=O)OC)CN1C(=O)OC(C)(C)C. The molecule has 0 aliphatic carbocycles. The third kappa shape index (κ3) is 5.76. The molecule has 0 spiro atoms. The molecule has 0 aromatic rings. The molecule has 1 atom stereocenters. The van der Waals surface area contributed by atoms with E-state index in [4.69, 9.17) is 14.2 Å². The summed E-state index contributed by atoms with van der Waals surface area (Å²) in [6, 6.07) is 0. The van der Waals surface area contributed by atoms with Crippen LogP contribution < -0.4 is 5.43 Å². The van der Waals surface area contributed by atoms with Crippen molar-refractivity contribution >= 4 is 24.0 Å². The predicted molar refractivity (Wildman–Crippen MR) is 80.7 cm³/mol. The fraction of sp³-hybridized carbons (Fsp3) is 0.714. The molecular weight excluding hydrogens is 306 g/mol. The van der Waals surface area contributed by atoms with Crippen molar-refractivity contribution in [2.24, 2.45) is 11.0 Å². The van der Waals surface area contributed by atoms with E-state index < -0.39 is 29.7 Å². The van der Waals surface area contributed by atoms with Crippen LogP contribution in [0.5, 0.6) is 0 Å². The minimum Gasteiger partial charge on any atom is -0.469 e. The Labute approximate surface area is 134 Å². The van der Waals surface area contributed by atoms with Crippen molar-refractivity contribution in [1.82, 2.24) is 10.3 Å². The maximum atomic E-state index is 12.2. The van der Waals surface area contributed by atoms with Crippen molar-refractivity contribution < 1.29 is 28.6 Å². The Balaban J connectivity index is 2.88. The second kappa shape index (κ2) is 7.80. The second-order valence-electron chi connectivity index (χ2n) is 5.88. The predicted octanol–water partition coefficient (Wildman–Crippen LogP) is 1.48. The number of hydrogen-bond donors (Lipinski definition) is 1. The zero-order valence-electron chi connectivity index (χ0n) is 14.0. The van der Waals surface area contributed by atoms with Gasteiger partial charge in [-0.1, -0.05) is 0 Å². The lowest BCUT2D eigenvalue weighted by Gasteiger charge is -2.24. The summed E-state index contributed by atoms with van der Waals surface area (Å²) in [4.78, 5) is 36.4. The first-order valence-electron chi connectivity index (χ1n) is 7.25. The molecule has 9 nitrogen and oxygen atoms in total. The topological polar surface area (TPSA) is 107 Å². The summed E-state index contributed by atoms with van der Waals surface area (Å²) in [7, 11) is 1.27. The van der Waals surface area contributed by atoms with Crippen LogP contribution in [0.4, 0.5) is 9.59 Å². The molecule has 0 aromatic carbocycles. The van der Waals surface area contributed by atoms with Crippen LogP contribution in [0.1, 0.15) is 34.1 Å². The van der Waals surface area contributed by atoms with Crippen LogP contribution in [0.25, 0.3) is 0 Å². The van der Waals surface area contributed by atoms with Gasteiger partial charge in [-0.25, -0.2) is 15.0 Å². The maximum absolute atomic E-state index is 12.2. The first-order valence-corrected chi connectivity index (χ1v) is 7.25. The van der Waals surface area contributed by atoms with Crippen molar-refractivity contribution in [2.45, 2.75) is 39.7 Å². The summed E-state index contributed by atoms with van der Waals surface area (Å²) in [6.07, 6.45) is -1.24. The van der Waals surface area contributed by atoms with E-state index in [1.165, 1.54) is 12.0 Å². The summed E-state index contributed by atoms with van der Waals surface area (Å²) >= 11 is 0. The monoisotopic (exact) mass is 329 g/mol. The standard InChI is InChI=1S/C14H23N3O6/c1-6-22-12(19)16-15-10-7-9(11(18)21-5)8-17(10)13(20)23-14(2,3)4/h9H,6-8H2,1-5H3,(H,16,19)/b15-10-. The Hall–Kier alpha value is -2.32. The van der Waals surface area contributed by atoms with Crippen LogP contribution in [0.2, 0.25) is 0 Å². The van der Waals surface area contributed by atoms with Crippen LogP contribution in [0, 0.1) is 5.92 Å². The quantitative estimate of drug-likeness (QED) is 0.477. The molecule has 0 radical (unpaired) electrons. The molecular formula is C14H23N3O6. The highest BCUT2D eigenvalue weighted by Crippen LogP contribution is 2.22. The lowest BCUT2D eigenvalue weighted by Crippen LogP contribution is -2.39. The Bertz CT molecular complexity index is 497. The van der Waals surface area contributed by atoms with Gasteiger partial charge >= 0.3 is 18.2 Å². The van der Waals surface area contributed by atoms with Crippen LogP contribution in [0.3, 0.4) is 0 Å². The van der Waals surface area contributed by atoms with Crippen LogP contribution in [0.15, 0.2) is 5.10 Å². The van der Waals surface area contributed by atoms with E-state index in [1.807, 2.05) is 0 Å². The van der Waals surface area contributed by atoms with E-state index in [0.717, 1.165) is 0 Å². The van der Waals surface area contributed by atoms with Gasteiger partial charge in [-0.05, 0) is 27.7 Å². The summed E-state index contributed by atoms with van der Waals surface area (Å²) < 4.78 is 14.7. The first kappa shape index (κ1) is 18.7. The Morgan fingerprint density at radius 2 is 2.00 bits per heavy atom. The van der Waals surface area contributed by atoms with Gasteiger partial charge in [-0.3, -0.25) is 9.69 Å². The molecule has 1 aliphatic rings. The molecule has 1 rings (SSSR count). The Morgan fingerprint density at radius 1 is 1.35 bits per heavy atom. The molecule has 23 heavy (non-hydrogen) atoms. The number of hydrogen-bond acceptors (Lipinski definition) is 7. The number of amides is 2. The maximum Gasteiger partial charge on any atom is 0.427 e. The van der Waals surface area contributed by atoms with Crippen molar-refractivity contribution in [3.05, 3.63) is 0 Å². The van der Waals surface area contributed by atoms with Crippen LogP contribution in [-0.4, -0.2) is 54.8 Å². The number of nitrogens with zero attached hydrogens (tertiary/aromatic N) is 2. The zero-order chi connectivity index (χ0) is 17.6. The van der Waals surface area contributed by atoms with Crippen molar-refractivity contribution in [1.29, 1.82) is 0 Å². The molecule has 1 heterocycles. The van der Waals surface area contributed by atoms with Crippen molar-refractivity contribution in [3.8, 4) is 0 Å². The minimum atomic E-state index is -0.745. The normalized spacial score (nSPS) is 19.4. The molecule has 0 bridgehead atoms. The van der Waals surface area contributed by atoms with Gasteiger partial charge in [0.25, 0.3) is 0 Å². The Morgan fingerprint density at radius 3 is 2.52 bits per heavy atom. The molecule has 1 N–H and O–H groups in total. The second-order valence-corrected chi connectivity index (χ2v) is 5.88. The van der Waals surface area contributed by atoms with Crippen molar-refractivity contribution in [3.63, 3.8) is 0 Å². The van der Waals surface area contributed by atoms with Gasteiger partial charge in [-0.2, -0.15) is 5.10 Å². The number of esters is 1. The Kier molecular flexibility index (Phi) is 6.35. The highest BCUT2D eigenvalue weighted by Gasteiger charge is 2.39. The number of hydrazone groups is 1. The lowest BCUT2D eigenvalue weighted by molar-refractivity contribution is -0.144. The summed E-state index contributed by atoms with van der Waals surface area (Å²) in [5, 5.41) is 3.85. The van der Waals surface area contributed by atoms with Crippen LogP contribution >= 0.6 is 0 Å². The number of amidine groups is 1. The van der Waals surface area contributed by atoms with E-state index in [0.29, 0.717) is 0 Å². The lowest BCUT2D eigenvalue weighted by atomic mass is 10.1. The average molecular weight is 329 g/mol. The zero-order valence-corrected chi connectivity index (χ0v) is 14.0. The molecule has 9 heteroatoms. The van der Waals surface area contributed by atoms with Gasteiger partial charge < -0.3 is 14.2 Å². The van der Waals surface area contributed by atoms with Crippen molar-refractivity contribution in [2.75, 3.05) is 20.3 Å². The number of likely N-dealkylation sites (tertiary alicyclic amines) is 1. The molecule has 2 amide bonds. The number of carbonyl (C=O) groups is 3. The van der Waals surface area contributed by atoms with E-state index in [-0.39, 0.29) is 25.4 Å². The average Bonchev–Trinajstić information content (AvgIpc) is 2.87. The summed E-state index contributed by atoms with van der Waals surface area (Å²) in [5.74, 6) is -0.808. The van der Waals surface area contributed by atoms with E-state index in [1.54, 1.807) is 27.7 Å². The van der Waals surface area contributed by atoms with Gasteiger partial charge in [0, 0.05) is 13.0 Å². The molecule has 0 saturated carbocycles. The summed E-state index contributed by atoms with van der Waals surface area (Å²) in [6.45, 7) is 7.11. The highest BCUT2D eigenvalue weighted by atomic mass is 16.6. The third-order valence-corrected chi connectivity index (χ3v) is 2.84. The number of nitrogens with one attached hydrogen (secondary N) is 1. The molecule has 1 saturated heterocycles. The number of carbonyl (C=O) groups excluding carboxylic acids is 3. The van der Waals surface area contributed by atoms with E-state index >= 15 is 0 Å². The number of methoxy groups -OCH3 is 1.